The number of imidazole rings is 1. The van der Waals surface area contributed by atoms with E-state index in [9.17, 15) is 14.5 Å². The Hall–Kier alpha value is -3.36. The van der Waals surface area contributed by atoms with Gasteiger partial charge in [-0.2, -0.15) is 15.1 Å². The van der Waals surface area contributed by atoms with Crippen LogP contribution in [0.4, 0.5) is 10.3 Å². The van der Waals surface area contributed by atoms with Crippen LogP contribution in [0.25, 0.3) is 11.2 Å². The lowest BCUT2D eigenvalue weighted by Gasteiger charge is -2.28. The standard InChI is InChI=1S/C28H38FN6O8P/c1-6-18(7-2)41-23(36)17(4)34-44(38,43-19-12-10-9-11-13-19)40-15-27-14-28(27,37)26(5,29)24(42-27)35-16-31-20-21(35)32-25(30)33-22(20)39-8-3/h9-13,16-18,24,37H,6-8,14-15H2,1-5H3,(H,34,38)(H2,30,32,33)/t17?,24-,26+,27-,28+,44?/m1/s1. The van der Waals surface area contributed by atoms with Crippen LogP contribution >= 0.6 is 7.75 Å². The van der Waals surface area contributed by atoms with Crippen molar-refractivity contribution in [2.75, 3.05) is 18.9 Å². The maximum atomic E-state index is 16.5. The number of fused-ring (bicyclic) bond motifs is 2. The number of para-hydroxylation sites is 1. The number of rotatable bonds is 14. The minimum atomic E-state index is -4.33. The van der Waals surface area contributed by atoms with Gasteiger partial charge in [0.25, 0.3) is 0 Å². The maximum Gasteiger partial charge on any atom is 0.459 e. The van der Waals surface area contributed by atoms with Crippen LogP contribution in [0.1, 0.15) is 60.1 Å². The zero-order valence-electron chi connectivity index (χ0n) is 25.2. The Morgan fingerprint density at radius 1 is 1.27 bits per heavy atom. The molecule has 2 aromatic heterocycles. The third-order valence-electron chi connectivity index (χ3n) is 8.06. The summed E-state index contributed by atoms with van der Waals surface area (Å²) in [5.74, 6) is -0.449. The van der Waals surface area contributed by atoms with Gasteiger partial charge in [0.15, 0.2) is 23.1 Å². The van der Waals surface area contributed by atoms with Gasteiger partial charge in [-0.25, -0.2) is 13.9 Å². The lowest BCUT2D eigenvalue weighted by molar-refractivity contribution is -0.151. The molecule has 4 N–H and O–H groups in total. The highest BCUT2D eigenvalue weighted by atomic mass is 31.2. The minimum Gasteiger partial charge on any atom is -0.476 e. The number of nitrogens with two attached hydrogens (primary N) is 1. The fourth-order valence-corrected chi connectivity index (χ4v) is 6.94. The third kappa shape index (κ3) is 5.63. The van der Waals surface area contributed by atoms with Crippen molar-refractivity contribution in [2.24, 2.45) is 0 Å². The molecule has 0 amide bonds. The first-order valence-electron chi connectivity index (χ1n) is 14.5. The Bertz CT molecular complexity index is 1560. The van der Waals surface area contributed by atoms with E-state index in [1.54, 1.807) is 37.3 Å². The Morgan fingerprint density at radius 2 is 1.98 bits per heavy atom. The first-order valence-corrected chi connectivity index (χ1v) is 16.1. The second-order valence-electron chi connectivity index (χ2n) is 11.1. The van der Waals surface area contributed by atoms with E-state index in [2.05, 4.69) is 20.0 Å². The summed E-state index contributed by atoms with van der Waals surface area (Å²) in [6.45, 7) is 7.95. The summed E-state index contributed by atoms with van der Waals surface area (Å²) in [5.41, 5.74) is 0.222. The van der Waals surface area contributed by atoms with E-state index in [1.165, 1.54) is 24.7 Å². The third-order valence-corrected chi connectivity index (χ3v) is 9.68. The first kappa shape index (κ1) is 32.0. The topological polar surface area (TPSA) is 182 Å². The Kier molecular flexibility index (Phi) is 8.64. The molecular formula is C28H38FN6O8P. The van der Waals surface area contributed by atoms with Crippen molar-refractivity contribution in [2.45, 2.75) is 89.1 Å². The molecule has 2 aliphatic rings. The zero-order chi connectivity index (χ0) is 31.9. The molecule has 1 aliphatic carbocycles. The summed E-state index contributed by atoms with van der Waals surface area (Å²) in [5, 5.41) is 14.1. The molecule has 1 saturated heterocycles. The van der Waals surface area contributed by atoms with Gasteiger partial charge >= 0.3 is 13.7 Å². The maximum absolute atomic E-state index is 16.5. The molecule has 0 spiro atoms. The van der Waals surface area contributed by atoms with Crippen LogP contribution in [-0.4, -0.2) is 72.8 Å². The van der Waals surface area contributed by atoms with E-state index in [0.29, 0.717) is 12.8 Å². The van der Waals surface area contributed by atoms with E-state index < -0.39 is 49.5 Å². The Balaban J connectivity index is 1.39. The first-order chi connectivity index (χ1) is 20.8. The molecule has 0 bridgehead atoms. The van der Waals surface area contributed by atoms with Gasteiger partial charge in [0.05, 0.1) is 19.5 Å². The van der Waals surface area contributed by atoms with Gasteiger partial charge < -0.3 is 29.6 Å². The summed E-state index contributed by atoms with van der Waals surface area (Å²) in [4.78, 5) is 25.3. The summed E-state index contributed by atoms with van der Waals surface area (Å²) < 4.78 is 60.5. The van der Waals surface area contributed by atoms with Crippen molar-refractivity contribution in [1.82, 2.24) is 24.6 Å². The molecule has 1 saturated carbocycles. The van der Waals surface area contributed by atoms with Crippen LogP contribution in [0, 0.1) is 0 Å². The fraction of sp³-hybridized carbons (Fsp3) is 0.571. The summed E-state index contributed by atoms with van der Waals surface area (Å²) >= 11 is 0. The predicted molar refractivity (Wildman–Crippen MR) is 157 cm³/mol. The highest BCUT2D eigenvalue weighted by Gasteiger charge is 2.85. The molecular weight excluding hydrogens is 598 g/mol. The van der Waals surface area contributed by atoms with Crippen LogP contribution in [0.3, 0.4) is 0 Å². The number of esters is 1. The lowest BCUT2D eigenvalue weighted by atomic mass is 9.96. The molecule has 3 heterocycles. The smallest absolute Gasteiger partial charge is 0.459 e. The van der Waals surface area contributed by atoms with Gasteiger partial charge in [-0.05, 0) is 45.7 Å². The van der Waals surface area contributed by atoms with Crippen molar-refractivity contribution in [3.63, 3.8) is 0 Å². The zero-order valence-corrected chi connectivity index (χ0v) is 26.1. The number of nitrogens with one attached hydrogen (secondary N) is 1. The number of carbonyl (C=O) groups excluding carboxylic acids is 1. The van der Waals surface area contributed by atoms with Crippen molar-refractivity contribution in [3.8, 4) is 11.6 Å². The second-order valence-corrected chi connectivity index (χ2v) is 12.8. The molecule has 240 valence electrons. The minimum absolute atomic E-state index is 0.120. The predicted octanol–water partition coefficient (Wildman–Crippen LogP) is 3.85. The fourth-order valence-electron chi connectivity index (χ4n) is 5.40. The molecule has 2 unspecified atom stereocenters. The number of nitrogen functional groups attached to an aromatic ring is 1. The molecule has 14 nitrogen and oxygen atoms in total. The molecule has 16 heteroatoms. The normalized spacial score (nSPS) is 28.0. The van der Waals surface area contributed by atoms with Crippen LogP contribution in [0.5, 0.6) is 11.6 Å². The number of alkyl halides is 1. The number of aromatic nitrogens is 4. The highest BCUT2D eigenvalue weighted by Crippen LogP contribution is 2.69. The Morgan fingerprint density at radius 3 is 2.64 bits per heavy atom. The number of anilines is 1. The molecule has 6 atom stereocenters. The quantitative estimate of drug-likeness (QED) is 0.172. The average molecular weight is 637 g/mol. The summed E-state index contributed by atoms with van der Waals surface area (Å²) in [6, 6.07) is 7.12. The van der Waals surface area contributed by atoms with Crippen molar-refractivity contribution < 1.29 is 42.1 Å². The van der Waals surface area contributed by atoms with Crippen molar-refractivity contribution in [3.05, 3.63) is 36.7 Å². The molecule has 3 aromatic rings. The number of ether oxygens (including phenoxy) is 3. The highest BCUT2D eigenvalue weighted by molar-refractivity contribution is 7.52. The molecule has 0 radical (unpaired) electrons. The van der Waals surface area contributed by atoms with E-state index in [1.807, 2.05) is 13.8 Å². The molecule has 44 heavy (non-hydrogen) atoms. The van der Waals surface area contributed by atoms with Gasteiger partial charge in [-0.3, -0.25) is 13.9 Å². The van der Waals surface area contributed by atoms with E-state index in [4.69, 9.17) is 29.0 Å². The van der Waals surface area contributed by atoms with Crippen LogP contribution in [0.15, 0.2) is 36.7 Å². The van der Waals surface area contributed by atoms with Gasteiger partial charge in [-0.1, -0.05) is 32.0 Å². The van der Waals surface area contributed by atoms with Crippen LogP contribution in [-0.2, 0) is 23.4 Å². The van der Waals surface area contributed by atoms with E-state index in [-0.39, 0.29) is 47.9 Å². The van der Waals surface area contributed by atoms with E-state index in [0.717, 1.165) is 0 Å². The number of carbonyl (C=O) groups is 1. The molecule has 1 aliphatic heterocycles. The van der Waals surface area contributed by atoms with Gasteiger partial charge in [0.2, 0.25) is 11.8 Å². The Labute approximate surface area is 254 Å². The summed E-state index contributed by atoms with van der Waals surface area (Å²) in [7, 11) is -4.33. The van der Waals surface area contributed by atoms with Gasteiger partial charge in [0, 0.05) is 6.42 Å². The monoisotopic (exact) mass is 636 g/mol. The lowest BCUT2D eigenvalue weighted by Crippen LogP contribution is -2.43. The van der Waals surface area contributed by atoms with Gasteiger partial charge in [0.1, 0.15) is 29.1 Å². The average Bonchev–Trinajstić information content (AvgIpc) is 3.30. The SMILES string of the molecule is CCOc1nc(N)nc2c1ncn2[C@@H]1O[C@@]2(COP(=O)(NC(C)C(=O)OC(CC)CC)Oc3ccccc3)C[C@]2(O)[C@@]1(C)F. The number of hydrogen-bond acceptors (Lipinski definition) is 12. The molecule has 1 aromatic carbocycles. The molecule has 2 fully saturated rings. The molecule has 5 rings (SSSR count). The summed E-state index contributed by atoms with van der Waals surface area (Å²) in [6.07, 6.45) is 0.638. The van der Waals surface area contributed by atoms with Crippen LogP contribution < -0.4 is 20.1 Å². The number of aliphatic hydroxyl groups is 1. The van der Waals surface area contributed by atoms with Crippen LogP contribution in [0.2, 0.25) is 0 Å². The second kappa shape index (κ2) is 11.9. The largest absolute Gasteiger partial charge is 0.476 e. The van der Waals surface area contributed by atoms with E-state index >= 15 is 4.39 Å². The number of nitrogens with zero attached hydrogens (tertiary/aromatic N) is 4. The van der Waals surface area contributed by atoms with Crippen molar-refractivity contribution >= 4 is 30.8 Å². The number of halogens is 1. The number of benzene rings is 1. The van der Waals surface area contributed by atoms with Crippen molar-refractivity contribution in [1.29, 1.82) is 0 Å². The number of hydrogen-bond donors (Lipinski definition) is 3. The van der Waals surface area contributed by atoms with Gasteiger partial charge in [-0.15, -0.1) is 0 Å².